The third-order valence-electron chi connectivity index (χ3n) is 4.60. The molecule has 0 saturated heterocycles. The van der Waals surface area contributed by atoms with Crippen LogP contribution >= 0.6 is 0 Å². The maximum absolute atomic E-state index is 13.7. The van der Waals surface area contributed by atoms with Crippen molar-refractivity contribution in [3.63, 3.8) is 0 Å². The van der Waals surface area contributed by atoms with E-state index in [4.69, 9.17) is 0 Å². The molecule has 11 heteroatoms. The van der Waals surface area contributed by atoms with Gasteiger partial charge < -0.3 is 5.32 Å². The monoisotopic (exact) mass is 444 g/mol. The van der Waals surface area contributed by atoms with Gasteiger partial charge in [0.2, 0.25) is 0 Å². The first-order chi connectivity index (χ1) is 15.3. The zero-order chi connectivity index (χ0) is 22.7. The molecule has 1 amide bonds. The van der Waals surface area contributed by atoms with Crippen molar-refractivity contribution in [2.24, 2.45) is 0 Å². The molecule has 1 N–H and O–H groups in total. The summed E-state index contributed by atoms with van der Waals surface area (Å²) in [5.74, 6) is -1.64. The number of benzene rings is 2. The molecule has 0 aliphatic rings. The molecule has 4 rings (SSSR count). The summed E-state index contributed by atoms with van der Waals surface area (Å²) < 4.78 is 56.3. The van der Waals surface area contributed by atoms with Crippen LogP contribution < -0.4 is 5.32 Å². The quantitative estimate of drug-likeness (QED) is 0.461. The average molecular weight is 444 g/mol. The van der Waals surface area contributed by atoms with Crippen molar-refractivity contribution in [3.8, 4) is 5.69 Å². The van der Waals surface area contributed by atoms with E-state index in [0.717, 1.165) is 29.8 Å². The van der Waals surface area contributed by atoms with Crippen LogP contribution in [0.25, 0.3) is 5.69 Å². The molecule has 0 radical (unpaired) electrons. The average Bonchev–Trinajstić information content (AvgIpc) is 3.43. The number of nitrogens with one attached hydrogen (secondary N) is 1. The second kappa shape index (κ2) is 8.61. The lowest BCUT2D eigenvalue weighted by atomic mass is 10.1. The Bertz CT molecular complexity index is 1200. The fraction of sp³-hybridized carbons (Fsp3) is 0.143. The summed E-state index contributed by atoms with van der Waals surface area (Å²) in [6.45, 7) is 0.572. The van der Waals surface area contributed by atoms with Gasteiger partial charge in [0.25, 0.3) is 5.91 Å². The van der Waals surface area contributed by atoms with Gasteiger partial charge in [-0.1, -0.05) is 29.5 Å². The van der Waals surface area contributed by atoms with Gasteiger partial charge in [0.05, 0.1) is 12.2 Å². The molecule has 2 aromatic heterocycles. The van der Waals surface area contributed by atoms with E-state index in [2.05, 4.69) is 20.7 Å². The van der Waals surface area contributed by atoms with E-state index in [1.807, 2.05) is 24.4 Å². The number of hydrogen-bond donors (Lipinski definition) is 1. The molecule has 2 heterocycles. The Labute approximate surface area is 179 Å². The van der Waals surface area contributed by atoms with Crippen LogP contribution in [0.2, 0.25) is 0 Å². The van der Waals surface area contributed by atoms with Crippen LogP contribution in [0.5, 0.6) is 0 Å². The minimum atomic E-state index is -4.90. The first-order valence-electron chi connectivity index (χ1n) is 9.43. The number of halogens is 4. The maximum atomic E-state index is 13.7. The lowest BCUT2D eigenvalue weighted by Crippen LogP contribution is -2.27. The van der Waals surface area contributed by atoms with Gasteiger partial charge in [-0.2, -0.15) is 18.3 Å². The van der Waals surface area contributed by atoms with E-state index in [1.54, 1.807) is 23.0 Å². The van der Waals surface area contributed by atoms with E-state index < -0.39 is 29.3 Å². The van der Waals surface area contributed by atoms with Crippen LogP contribution in [0, 0.1) is 5.82 Å². The Kier molecular flexibility index (Phi) is 5.71. The topological polar surface area (TPSA) is 77.6 Å². The van der Waals surface area contributed by atoms with Crippen molar-refractivity contribution < 1.29 is 22.4 Å². The van der Waals surface area contributed by atoms with Gasteiger partial charge in [0, 0.05) is 18.9 Å². The largest absolute Gasteiger partial charge is 0.435 e. The third kappa shape index (κ3) is 4.66. The molecule has 0 saturated carbocycles. The second-order valence-electron chi connectivity index (χ2n) is 6.88. The second-order valence-corrected chi connectivity index (χ2v) is 6.88. The fourth-order valence-corrected chi connectivity index (χ4v) is 3.06. The molecule has 0 spiro atoms. The Morgan fingerprint density at radius 3 is 2.31 bits per heavy atom. The summed E-state index contributed by atoms with van der Waals surface area (Å²) in [5, 5.41) is 13.4. The van der Waals surface area contributed by atoms with E-state index in [0.29, 0.717) is 16.8 Å². The predicted octanol–water partition coefficient (Wildman–Crippen LogP) is 3.60. The van der Waals surface area contributed by atoms with E-state index in [1.165, 1.54) is 0 Å². The van der Waals surface area contributed by atoms with Crippen LogP contribution in [0.1, 0.15) is 27.3 Å². The Morgan fingerprint density at radius 2 is 1.69 bits per heavy atom. The highest BCUT2D eigenvalue weighted by molar-refractivity contribution is 5.93. The van der Waals surface area contributed by atoms with E-state index >= 15 is 0 Å². The summed E-state index contributed by atoms with van der Waals surface area (Å²) in [6, 6.07) is 13.2. The summed E-state index contributed by atoms with van der Waals surface area (Å²) in [7, 11) is 0. The number of aromatic nitrogens is 5. The van der Waals surface area contributed by atoms with Crippen LogP contribution in [0.4, 0.5) is 17.6 Å². The lowest BCUT2D eigenvalue weighted by Gasteiger charge is -2.11. The minimum Gasteiger partial charge on any atom is -0.346 e. The highest BCUT2D eigenvalue weighted by atomic mass is 19.4. The third-order valence-corrected chi connectivity index (χ3v) is 4.60. The Balaban J connectivity index is 1.49. The number of nitrogens with zero attached hydrogens (tertiary/aromatic N) is 5. The Morgan fingerprint density at radius 1 is 1.00 bits per heavy atom. The van der Waals surface area contributed by atoms with Gasteiger partial charge in [0.15, 0.2) is 11.4 Å². The summed E-state index contributed by atoms with van der Waals surface area (Å²) in [4.78, 5) is 12.5. The van der Waals surface area contributed by atoms with Gasteiger partial charge in [-0.15, -0.1) is 5.10 Å². The minimum absolute atomic E-state index is 0.00158. The van der Waals surface area contributed by atoms with Crippen LogP contribution in [0.3, 0.4) is 0 Å². The molecule has 32 heavy (non-hydrogen) atoms. The van der Waals surface area contributed by atoms with Crippen LogP contribution in [-0.4, -0.2) is 30.7 Å². The number of carbonyl (C=O) groups excluding carboxylic acids is 1. The summed E-state index contributed by atoms with van der Waals surface area (Å²) in [6.07, 6.45) is -1.41. The summed E-state index contributed by atoms with van der Waals surface area (Å²) in [5.41, 5.74) is -0.598. The molecule has 0 atom stereocenters. The Hall–Kier alpha value is -4.02. The summed E-state index contributed by atoms with van der Waals surface area (Å²) >= 11 is 0. The zero-order valence-corrected chi connectivity index (χ0v) is 16.4. The molecule has 7 nitrogen and oxygen atoms in total. The molecule has 4 aromatic rings. The zero-order valence-electron chi connectivity index (χ0n) is 16.4. The number of alkyl halides is 3. The number of rotatable bonds is 6. The molecule has 164 valence electrons. The van der Waals surface area contributed by atoms with E-state index in [9.17, 15) is 22.4 Å². The molecule has 0 bridgehead atoms. The lowest BCUT2D eigenvalue weighted by molar-refractivity contribution is -0.143. The number of amides is 1. The van der Waals surface area contributed by atoms with Gasteiger partial charge >= 0.3 is 6.18 Å². The van der Waals surface area contributed by atoms with Crippen molar-refractivity contribution in [1.29, 1.82) is 0 Å². The molecule has 2 aromatic carbocycles. The smallest absolute Gasteiger partial charge is 0.346 e. The van der Waals surface area contributed by atoms with Crippen LogP contribution in [-0.2, 0) is 19.3 Å². The molecule has 0 unspecified atom stereocenters. The predicted molar refractivity (Wildman–Crippen MR) is 105 cm³/mol. The van der Waals surface area contributed by atoms with Crippen molar-refractivity contribution in [2.75, 3.05) is 0 Å². The molecule has 0 aliphatic heterocycles. The van der Waals surface area contributed by atoms with E-state index in [-0.39, 0.29) is 12.2 Å². The van der Waals surface area contributed by atoms with Gasteiger partial charge in [-0.05, 0) is 41.5 Å². The highest BCUT2D eigenvalue weighted by Gasteiger charge is 2.42. The van der Waals surface area contributed by atoms with Gasteiger partial charge in [0.1, 0.15) is 5.82 Å². The van der Waals surface area contributed by atoms with Crippen LogP contribution in [0.15, 0.2) is 67.0 Å². The SMILES string of the molecule is O=C(NCc1ccc(Cn2cccn2)cc1)c1nnn(-c2ccc(F)cc2)c1C(F)(F)F. The molecule has 0 fully saturated rings. The normalized spacial score (nSPS) is 11.5. The van der Waals surface area contributed by atoms with Crippen molar-refractivity contribution in [2.45, 2.75) is 19.3 Å². The first-order valence-corrected chi connectivity index (χ1v) is 9.43. The molecule has 0 aliphatic carbocycles. The fourth-order valence-electron chi connectivity index (χ4n) is 3.06. The van der Waals surface area contributed by atoms with Crippen molar-refractivity contribution >= 4 is 5.91 Å². The first kappa shape index (κ1) is 21.2. The number of carbonyl (C=O) groups is 1. The van der Waals surface area contributed by atoms with Gasteiger partial charge in [-0.3, -0.25) is 9.48 Å². The standard InChI is InChI=1S/C21H16F4N6O/c22-16-6-8-17(9-7-16)31-19(21(23,24)25)18(28-29-31)20(32)26-12-14-2-4-15(5-3-14)13-30-11-1-10-27-30/h1-11H,12-13H2,(H,26,32). The van der Waals surface area contributed by atoms with Crippen molar-refractivity contribution in [1.82, 2.24) is 30.1 Å². The number of hydrogen-bond acceptors (Lipinski definition) is 4. The van der Waals surface area contributed by atoms with Crippen molar-refractivity contribution in [3.05, 3.63) is 95.3 Å². The highest BCUT2D eigenvalue weighted by Crippen LogP contribution is 2.32. The van der Waals surface area contributed by atoms with Gasteiger partial charge in [-0.25, -0.2) is 9.07 Å². The molecular weight excluding hydrogens is 428 g/mol. The maximum Gasteiger partial charge on any atom is 0.435 e. The molecular formula is C21H16F4N6O.